The Bertz CT molecular complexity index is 556. The number of carbonyl (C=O) groups is 1. The fourth-order valence-electron chi connectivity index (χ4n) is 3.04. The molecule has 1 aliphatic rings. The smallest absolute Gasteiger partial charge is 0.272 e. The topological polar surface area (TPSA) is 72.2 Å². The lowest BCUT2D eigenvalue weighted by molar-refractivity contribution is -0.385. The Labute approximate surface area is 124 Å². The van der Waals surface area contributed by atoms with Crippen molar-refractivity contribution in [1.29, 1.82) is 0 Å². The average Bonchev–Trinajstić information content (AvgIpc) is 2.43. The van der Waals surface area contributed by atoms with E-state index in [4.69, 9.17) is 0 Å². The van der Waals surface area contributed by atoms with Crippen molar-refractivity contribution < 1.29 is 9.72 Å². The van der Waals surface area contributed by atoms with E-state index in [1.54, 1.807) is 13.0 Å². The monoisotopic (exact) mass is 290 g/mol. The van der Waals surface area contributed by atoms with Gasteiger partial charge in [0.15, 0.2) is 0 Å². The van der Waals surface area contributed by atoms with Gasteiger partial charge in [-0.1, -0.05) is 26.7 Å². The number of nitrogens with one attached hydrogen (secondary N) is 1. The molecule has 0 heterocycles. The van der Waals surface area contributed by atoms with Crippen LogP contribution in [0.4, 0.5) is 5.69 Å². The summed E-state index contributed by atoms with van der Waals surface area (Å²) in [7, 11) is 0. The first-order valence-electron chi connectivity index (χ1n) is 7.46. The van der Waals surface area contributed by atoms with Crippen molar-refractivity contribution in [2.24, 2.45) is 11.8 Å². The third kappa shape index (κ3) is 3.40. The molecule has 0 unspecified atom stereocenters. The number of carbonyl (C=O) groups excluding carboxylic acids is 1. The molecule has 1 fully saturated rings. The van der Waals surface area contributed by atoms with E-state index in [0.717, 1.165) is 12.8 Å². The van der Waals surface area contributed by atoms with Crippen molar-refractivity contribution in [3.63, 3.8) is 0 Å². The molecule has 2 rings (SSSR count). The van der Waals surface area contributed by atoms with Crippen molar-refractivity contribution in [3.8, 4) is 0 Å². The number of nitro benzene ring substituents is 1. The second kappa shape index (κ2) is 6.24. The summed E-state index contributed by atoms with van der Waals surface area (Å²) in [6.07, 6.45) is 3.35. The van der Waals surface area contributed by atoms with Crippen LogP contribution in [0.3, 0.4) is 0 Å². The van der Waals surface area contributed by atoms with Crippen LogP contribution in [0.2, 0.25) is 0 Å². The molecule has 0 bridgehead atoms. The van der Waals surface area contributed by atoms with Crippen LogP contribution in [-0.2, 0) is 0 Å². The fourth-order valence-corrected chi connectivity index (χ4v) is 3.04. The Morgan fingerprint density at radius 3 is 2.67 bits per heavy atom. The molecule has 0 spiro atoms. The molecule has 3 atom stereocenters. The lowest BCUT2D eigenvalue weighted by Crippen LogP contribution is -2.43. The van der Waals surface area contributed by atoms with Gasteiger partial charge in [-0.05, 0) is 37.3 Å². The molecule has 1 amide bonds. The highest BCUT2D eigenvalue weighted by molar-refractivity contribution is 5.94. The highest BCUT2D eigenvalue weighted by atomic mass is 16.6. The first kappa shape index (κ1) is 15.5. The van der Waals surface area contributed by atoms with Crippen LogP contribution in [0.1, 0.15) is 49.0 Å². The SMILES string of the molecule is Cc1cc(C(=O)N[C@@H]2CCC[C@H](C)[C@@H]2C)ccc1[N+](=O)[O-]. The second-order valence-electron chi connectivity index (χ2n) is 6.11. The maximum Gasteiger partial charge on any atom is 0.272 e. The number of benzene rings is 1. The number of nitrogens with zero attached hydrogens (tertiary/aromatic N) is 1. The van der Waals surface area contributed by atoms with Crippen molar-refractivity contribution in [2.45, 2.75) is 46.1 Å². The summed E-state index contributed by atoms with van der Waals surface area (Å²) in [4.78, 5) is 22.7. The molecule has 5 heteroatoms. The summed E-state index contributed by atoms with van der Waals surface area (Å²) in [5, 5.41) is 13.9. The molecule has 1 N–H and O–H groups in total. The molecule has 1 saturated carbocycles. The normalized spacial score (nSPS) is 25.4. The molecule has 21 heavy (non-hydrogen) atoms. The first-order valence-corrected chi connectivity index (χ1v) is 7.46. The quantitative estimate of drug-likeness (QED) is 0.684. The van der Waals surface area contributed by atoms with E-state index in [9.17, 15) is 14.9 Å². The van der Waals surface area contributed by atoms with Crippen LogP contribution >= 0.6 is 0 Å². The van der Waals surface area contributed by atoms with E-state index in [0.29, 0.717) is 23.0 Å². The van der Waals surface area contributed by atoms with Crippen LogP contribution < -0.4 is 5.32 Å². The third-order valence-electron chi connectivity index (χ3n) is 4.68. The number of aryl methyl sites for hydroxylation is 1. The van der Waals surface area contributed by atoms with Gasteiger partial charge in [0.05, 0.1) is 4.92 Å². The minimum absolute atomic E-state index is 0.0474. The van der Waals surface area contributed by atoms with Gasteiger partial charge in [-0.2, -0.15) is 0 Å². The minimum atomic E-state index is -0.429. The minimum Gasteiger partial charge on any atom is -0.349 e. The van der Waals surface area contributed by atoms with Gasteiger partial charge in [0.1, 0.15) is 0 Å². The lowest BCUT2D eigenvalue weighted by Gasteiger charge is -2.34. The second-order valence-corrected chi connectivity index (χ2v) is 6.11. The lowest BCUT2D eigenvalue weighted by atomic mass is 9.78. The molecular weight excluding hydrogens is 268 g/mol. The van der Waals surface area contributed by atoms with Gasteiger partial charge in [0, 0.05) is 23.2 Å². The van der Waals surface area contributed by atoms with Crippen LogP contribution in [0, 0.1) is 28.9 Å². The van der Waals surface area contributed by atoms with Gasteiger partial charge in [-0.15, -0.1) is 0 Å². The predicted molar refractivity (Wildman–Crippen MR) is 81.3 cm³/mol. The predicted octanol–water partition coefficient (Wildman–Crippen LogP) is 3.46. The summed E-state index contributed by atoms with van der Waals surface area (Å²) in [6, 6.07) is 4.70. The van der Waals surface area contributed by atoms with Crippen LogP contribution in [0.5, 0.6) is 0 Å². The van der Waals surface area contributed by atoms with Gasteiger partial charge in [0.25, 0.3) is 11.6 Å². The molecule has 0 aliphatic heterocycles. The number of amides is 1. The van der Waals surface area contributed by atoms with Crippen molar-refractivity contribution in [1.82, 2.24) is 5.32 Å². The zero-order valence-corrected chi connectivity index (χ0v) is 12.8. The van der Waals surface area contributed by atoms with E-state index in [-0.39, 0.29) is 17.6 Å². The summed E-state index contributed by atoms with van der Waals surface area (Å²) in [5.74, 6) is 0.934. The Hall–Kier alpha value is -1.91. The summed E-state index contributed by atoms with van der Waals surface area (Å²) >= 11 is 0. The maximum atomic E-state index is 12.3. The molecule has 114 valence electrons. The first-order chi connectivity index (χ1) is 9.90. The van der Waals surface area contributed by atoms with Crippen LogP contribution in [-0.4, -0.2) is 16.9 Å². The third-order valence-corrected chi connectivity index (χ3v) is 4.68. The molecule has 0 aromatic heterocycles. The molecule has 0 saturated heterocycles. The van der Waals surface area contributed by atoms with E-state index < -0.39 is 4.92 Å². The van der Waals surface area contributed by atoms with Crippen LogP contribution in [0.25, 0.3) is 0 Å². The number of hydrogen-bond donors (Lipinski definition) is 1. The maximum absolute atomic E-state index is 12.3. The van der Waals surface area contributed by atoms with Crippen molar-refractivity contribution in [2.75, 3.05) is 0 Å². The van der Waals surface area contributed by atoms with E-state index >= 15 is 0 Å². The average molecular weight is 290 g/mol. The molecule has 1 aliphatic carbocycles. The van der Waals surface area contributed by atoms with Gasteiger partial charge in [-0.3, -0.25) is 14.9 Å². The zero-order chi connectivity index (χ0) is 15.6. The molecule has 5 nitrogen and oxygen atoms in total. The standard InChI is InChI=1S/C16H22N2O3/c1-10-5-4-6-14(12(10)3)17-16(19)13-7-8-15(18(20)21)11(2)9-13/h7-10,12,14H,4-6H2,1-3H3,(H,17,19)/t10-,12-,14+/m0/s1. The summed E-state index contributed by atoms with van der Waals surface area (Å²) in [5.41, 5.74) is 1.05. The van der Waals surface area contributed by atoms with E-state index in [2.05, 4.69) is 19.2 Å². The summed E-state index contributed by atoms with van der Waals surface area (Å²) in [6.45, 7) is 6.05. The Kier molecular flexibility index (Phi) is 4.60. The van der Waals surface area contributed by atoms with Gasteiger partial charge in [0.2, 0.25) is 0 Å². The van der Waals surface area contributed by atoms with Crippen molar-refractivity contribution >= 4 is 11.6 Å². The van der Waals surface area contributed by atoms with Gasteiger partial charge in [-0.25, -0.2) is 0 Å². The molecule has 1 aromatic rings. The van der Waals surface area contributed by atoms with Crippen LogP contribution in [0.15, 0.2) is 18.2 Å². The highest BCUT2D eigenvalue weighted by Gasteiger charge is 2.28. The highest BCUT2D eigenvalue weighted by Crippen LogP contribution is 2.29. The molecule has 0 radical (unpaired) electrons. The molecule has 1 aromatic carbocycles. The van der Waals surface area contributed by atoms with Gasteiger partial charge >= 0.3 is 0 Å². The Balaban J connectivity index is 2.10. The Morgan fingerprint density at radius 1 is 1.33 bits per heavy atom. The zero-order valence-electron chi connectivity index (χ0n) is 12.8. The van der Waals surface area contributed by atoms with E-state index in [1.165, 1.54) is 18.6 Å². The Morgan fingerprint density at radius 2 is 2.05 bits per heavy atom. The van der Waals surface area contributed by atoms with E-state index in [1.807, 2.05) is 0 Å². The van der Waals surface area contributed by atoms with Gasteiger partial charge < -0.3 is 5.32 Å². The van der Waals surface area contributed by atoms with Crippen molar-refractivity contribution in [3.05, 3.63) is 39.4 Å². The fraction of sp³-hybridized carbons (Fsp3) is 0.562. The number of nitro groups is 1. The largest absolute Gasteiger partial charge is 0.349 e. The number of rotatable bonds is 3. The molecular formula is C16H22N2O3. The number of hydrogen-bond acceptors (Lipinski definition) is 3. The summed E-state index contributed by atoms with van der Waals surface area (Å²) < 4.78 is 0.